The summed E-state index contributed by atoms with van der Waals surface area (Å²) in [6.07, 6.45) is 4.37. The fourth-order valence-electron chi connectivity index (χ4n) is 3.82. The number of benzene rings is 1. The summed E-state index contributed by atoms with van der Waals surface area (Å²) in [6, 6.07) is 7.58. The first-order valence-corrected chi connectivity index (χ1v) is 8.77. The van der Waals surface area contributed by atoms with Gasteiger partial charge in [-0.3, -0.25) is 9.69 Å². The molecule has 2 aliphatic rings. The highest BCUT2D eigenvalue weighted by Gasteiger charge is 2.33. The van der Waals surface area contributed by atoms with Crippen LogP contribution in [0.3, 0.4) is 0 Å². The van der Waals surface area contributed by atoms with Crippen LogP contribution in [0.2, 0.25) is 0 Å². The summed E-state index contributed by atoms with van der Waals surface area (Å²) in [7, 11) is 0. The quantitative estimate of drug-likeness (QED) is 0.865. The van der Waals surface area contributed by atoms with E-state index in [0.29, 0.717) is 18.7 Å². The van der Waals surface area contributed by atoms with Crippen molar-refractivity contribution in [3.05, 3.63) is 36.2 Å². The Morgan fingerprint density at radius 1 is 1.08 bits per heavy atom. The van der Waals surface area contributed by atoms with Gasteiger partial charge in [-0.1, -0.05) is 0 Å². The number of hydrogen-bond acceptors (Lipinski definition) is 6. The molecular weight excluding hydrogens is 320 g/mol. The van der Waals surface area contributed by atoms with E-state index in [1.54, 1.807) is 4.68 Å². The van der Waals surface area contributed by atoms with Crippen LogP contribution < -0.4 is 0 Å². The molecule has 2 fully saturated rings. The molecule has 8 heteroatoms. The Balaban J connectivity index is 1.37. The van der Waals surface area contributed by atoms with Crippen LogP contribution in [-0.2, 0) is 0 Å². The van der Waals surface area contributed by atoms with Gasteiger partial charge in [-0.25, -0.2) is 4.68 Å². The number of amides is 1. The molecule has 2 unspecified atom stereocenters. The molecule has 132 valence electrons. The highest BCUT2D eigenvalue weighted by molar-refractivity contribution is 5.94. The van der Waals surface area contributed by atoms with E-state index in [0.717, 1.165) is 38.0 Å². The molecule has 0 spiro atoms. The number of piperazine rings is 1. The molecule has 2 atom stereocenters. The van der Waals surface area contributed by atoms with Crippen LogP contribution in [0.25, 0.3) is 5.69 Å². The molecular formula is C17H22N6O2. The summed E-state index contributed by atoms with van der Waals surface area (Å²) in [4.78, 5) is 16.9. The number of rotatable bonds is 3. The second kappa shape index (κ2) is 6.89. The van der Waals surface area contributed by atoms with Crippen LogP contribution >= 0.6 is 0 Å². The third-order valence-corrected chi connectivity index (χ3v) is 5.24. The van der Waals surface area contributed by atoms with Crippen LogP contribution in [0.4, 0.5) is 0 Å². The Kier molecular flexibility index (Phi) is 4.46. The maximum absolute atomic E-state index is 12.7. The van der Waals surface area contributed by atoms with Crippen molar-refractivity contribution in [1.29, 1.82) is 0 Å². The Labute approximate surface area is 146 Å². The van der Waals surface area contributed by atoms with E-state index in [9.17, 15) is 9.90 Å². The van der Waals surface area contributed by atoms with Gasteiger partial charge in [-0.05, 0) is 54.0 Å². The molecule has 25 heavy (non-hydrogen) atoms. The predicted molar refractivity (Wildman–Crippen MR) is 90.3 cm³/mol. The fourth-order valence-corrected chi connectivity index (χ4v) is 3.82. The topological polar surface area (TPSA) is 87.4 Å². The second-order valence-corrected chi connectivity index (χ2v) is 6.70. The van der Waals surface area contributed by atoms with Gasteiger partial charge in [0.25, 0.3) is 5.91 Å². The molecule has 0 bridgehead atoms. The van der Waals surface area contributed by atoms with Crippen molar-refractivity contribution in [3.8, 4) is 5.69 Å². The number of aliphatic hydroxyl groups is 1. The molecule has 1 amide bonds. The smallest absolute Gasteiger partial charge is 0.253 e. The van der Waals surface area contributed by atoms with Crippen molar-refractivity contribution in [1.82, 2.24) is 30.0 Å². The predicted octanol–water partition coefficient (Wildman–Crippen LogP) is 0.333. The first kappa shape index (κ1) is 16.2. The van der Waals surface area contributed by atoms with Gasteiger partial charge in [0, 0.05) is 37.8 Å². The van der Waals surface area contributed by atoms with Gasteiger partial charge in [0.05, 0.1) is 11.8 Å². The molecule has 2 heterocycles. The summed E-state index contributed by atoms with van der Waals surface area (Å²) in [6.45, 7) is 3.07. The molecule has 0 radical (unpaired) electrons. The van der Waals surface area contributed by atoms with Crippen molar-refractivity contribution < 1.29 is 9.90 Å². The Bertz CT molecular complexity index is 709. The molecule has 4 rings (SSSR count). The summed E-state index contributed by atoms with van der Waals surface area (Å²) >= 11 is 0. The van der Waals surface area contributed by atoms with Crippen LogP contribution in [0.5, 0.6) is 0 Å². The van der Waals surface area contributed by atoms with E-state index >= 15 is 0 Å². The van der Waals surface area contributed by atoms with Gasteiger partial charge in [-0.15, -0.1) is 5.10 Å². The highest BCUT2D eigenvalue weighted by Crippen LogP contribution is 2.25. The number of nitrogens with zero attached hydrogens (tertiary/aromatic N) is 6. The van der Waals surface area contributed by atoms with Crippen molar-refractivity contribution in [2.45, 2.75) is 31.4 Å². The van der Waals surface area contributed by atoms with Gasteiger partial charge >= 0.3 is 0 Å². The Hall–Kier alpha value is -2.32. The van der Waals surface area contributed by atoms with Gasteiger partial charge in [-0.2, -0.15) is 0 Å². The number of carbonyl (C=O) groups is 1. The van der Waals surface area contributed by atoms with Crippen molar-refractivity contribution in [2.24, 2.45) is 0 Å². The number of aromatic nitrogens is 4. The normalized spacial score (nSPS) is 24.6. The monoisotopic (exact) mass is 342 g/mol. The van der Waals surface area contributed by atoms with E-state index in [-0.39, 0.29) is 18.1 Å². The SMILES string of the molecule is O=C(c1ccc(-n2cnnn2)cc1)N1CCN(C2CCCC2O)CC1. The zero-order chi connectivity index (χ0) is 17.2. The minimum absolute atomic E-state index is 0.0508. The molecule has 1 saturated carbocycles. The lowest BCUT2D eigenvalue weighted by Gasteiger charge is -2.39. The largest absolute Gasteiger partial charge is 0.391 e. The zero-order valence-electron chi connectivity index (χ0n) is 14.0. The third-order valence-electron chi connectivity index (χ3n) is 5.24. The Morgan fingerprint density at radius 3 is 2.44 bits per heavy atom. The maximum atomic E-state index is 12.7. The van der Waals surface area contributed by atoms with E-state index in [4.69, 9.17) is 0 Å². The lowest BCUT2D eigenvalue weighted by Crippen LogP contribution is -2.53. The summed E-state index contributed by atoms with van der Waals surface area (Å²) in [5, 5.41) is 21.1. The van der Waals surface area contributed by atoms with Crippen LogP contribution in [-0.4, -0.2) is 79.3 Å². The van der Waals surface area contributed by atoms with Crippen molar-refractivity contribution in [3.63, 3.8) is 0 Å². The van der Waals surface area contributed by atoms with Crippen LogP contribution in [0, 0.1) is 0 Å². The number of carbonyl (C=O) groups excluding carboxylic acids is 1. The zero-order valence-corrected chi connectivity index (χ0v) is 14.0. The van der Waals surface area contributed by atoms with E-state index in [1.807, 2.05) is 29.2 Å². The lowest BCUT2D eigenvalue weighted by molar-refractivity contribution is 0.0315. The maximum Gasteiger partial charge on any atom is 0.253 e. The molecule has 8 nitrogen and oxygen atoms in total. The summed E-state index contributed by atoms with van der Waals surface area (Å²) < 4.78 is 1.56. The first-order valence-electron chi connectivity index (χ1n) is 8.77. The molecule has 1 aliphatic heterocycles. The first-order chi connectivity index (χ1) is 12.2. The van der Waals surface area contributed by atoms with Crippen molar-refractivity contribution in [2.75, 3.05) is 26.2 Å². The van der Waals surface area contributed by atoms with E-state index in [2.05, 4.69) is 20.4 Å². The number of tetrazole rings is 1. The van der Waals surface area contributed by atoms with E-state index in [1.165, 1.54) is 6.33 Å². The molecule has 1 aliphatic carbocycles. The molecule has 1 N–H and O–H groups in total. The Morgan fingerprint density at radius 2 is 1.84 bits per heavy atom. The molecule has 1 aromatic heterocycles. The average molecular weight is 342 g/mol. The average Bonchev–Trinajstić information content (AvgIpc) is 3.33. The number of hydrogen-bond donors (Lipinski definition) is 1. The van der Waals surface area contributed by atoms with Gasteiger partial charge in [0.2, 0.25) is 0 Å². The molecule has 1 saturated heterocycles. The van der Waals surface area contributed by atoms with Gasteiger partial charge in [0.1, 0.15) is 6.33 Å². The van der Waals surface area contributed by atoms with Gasteiger partial charge in [0.15, 0.2) is 0 Å². The van der Waals surface area contributed by atoms with E-state index < -0.39 is 0 Å². The summed E-state index contributed by atoms with van der Waals surface area (Å²) in [5.41, 5.74) is 1.49. The highest BCUT2D eigenvalue weighted by atomic mass is 16.3. The van der Waals surface area contributed by atoms with Crippen LogP contribution in [0.1, 0.15) is 29.6 Å². The molecule has 2 aromatic rings. The van der Waals surface area contributed by atoms with Crippen molar-refractivity contribution >= 4 is 5.91 Å². The standard InChI is InChI=1S/C17H22N6O2/c24-16-3-1-2-15(16)21-8-10-22(11-9-21)17(25)13-4-6-14(7-5-13)23-12-18-19-20-23/h4-7,12,15-16,24H,1-3,8-11H2. The fraction of sp³-hybridized carbons (Fsp3) is 0.529. The number of aliphatic hydroxyl groups excluding tert-OH is 1. The second-order valence-electron chi connectivity index (χ2n) is 6.70. The minimum Gasteiger partial charge on any atom is -0.391 e. The van der Waals surface area contributed by atoms with Crippen LogP contribution in [0.15, 0.2) is 30.6 Å². The lowest BCUT2D eigenvalue weighted by atomic mass is 10.1. The molecule has 1 aromatic carbocycles. The summed E-state index contributed by atoms with van der Waals surface area (Å²) in [5.74, 6) is 0.0508. The van der Waals surface area contributed by atoms with Gasteiger partial charge < -0.3 is 10.0 Å². The third kappa shape index (κ3) is 3.27. The minimum atomic E-state index is -0.207.